The van der Waals surface area contributed by atoms with Crippen LogP contribution in [-0.2, 0) is 4.74 Å². The van der Waals surface area contributed by atoms with Gasteiger partial charge in [-0.2, -0.15) is 11.8 Å². The molecule has 0 bridgehead atoms. The molecule has 0 spiro atoms. The van der Waals surface area contributed by atoms with E-state index in [9.17, 15) is 0 Å². The smallest absolute Gasteiger partial charge is 0.0468 e. The first kappa shape index (κ1) is 15.3. The SMILES string of the molecule is CCNC(CCCCC1CCOCC1)CSC. The van der Waals surface area contributed by atoms with Gasteiger partial charge in [0.1, 0.15) is 0 Å². The van der Waals surface area contributed by atoms with Crippen LogP contribution in [0.4, 0.5) is 0 Å². The monoisotopic (exact) mass is 259 g/mol. The molecular formula is C14H29NOS. The summed E-state index contributed by atoms with van der Waals surface area (Å²) in [6, 6.07) is 0.727. The van der Waals surface area contributed by atoms with Gasteiger partial charge < -0.3 is 10.1 Å². The van der Waals surface area contributed by atoms with Gasteiger partial charge in [0.25, 0.3) is 0 Å². The van der Waals surface area contributed by atoms with Crippen LogP contribution in [0, 0.1) is 5.92 Å². The average molecular weight is 259 g/mol. The van der Waals surface area contributed by atoms with Crippen LogP contribution in [0.3, 0.4) is 0 Å². The highest BCUT2D eigenvalue weighted by Gasteiger charge is 2.13. The molecule has 1 fully saturated rings. The summed E-state index contributed by atoms with van der Waals surface area (Å²) in [6.45, 7) is 5.30. The van der Waals surface area contributed by atoms with E-state index in [2.05, 4.69) is 18.5 Å². The van der Waals surface area contributed by atoms with E-state index in [1.807, 2.05) is 11.8 Å². The molecule has 0 amide bonds. The van der Waals surface area contributed by atoms with E-state index in [0.717, 1.165) is 31.7 Å². The van der Waals surface area contributed by atoms with Gasteiger partial charge in [0, 0.05) is 25.0 Å². The number of ether oxygens (including phenoxy) is 1. The average Bonchev–Trinajstić information content (AvgIpc) is 2.36. The highest BCUT2D eigenvalue weighted by Crippen LogP contribution is 2.21. The molecule has 0 aromatic heterocycles. The summed E-state index contributed by atoms with van der Waals surface area (Å²) in [5, 5.41) is 3.58. The van der Waals surface area contributed by atoms with Crippen molar-refractivity contribution < 1.29 is 4.74 Å². The van der Waals surface area contributed by atoms with Crippen LogP contribution in [0.25, 0.3) is 0 Å². The lowest BCUT2D eigenvalue weighted by Gasteiger charge is -2.22. The van der Waals surface area contributed by atoms with Crippen molar-refractivity contribution in [3.63, 3.8) is 0 Å². The van der Waals surface area contributed by atoms with Crippen molar-refractivity contribution in [2.24, 2.45) is 5.92 Å². The second kappa shape index (κ2) is 10.2. The van der Waals surface area contributed by atoms with Gasteiger partial charge in [0.05, 0.1) is 0 Å². The largest absolute Gasteiger partial charge is 0.381 e. The Morgan fingerprint density at radius 3 is 2.71 bits per heavy atom. The van der Waals surface area contributed by atoms with E-state index in [0.29, 0.717) is 0 Å². The molecule has 1 unspecified atom stereocenters. The van der Waals surface area contributed by atoms with Gasteiger partial charge in [-0.25, -0.2) is 0 Å². The molecule has 1 aliphatic heterocycles. The first-order chi connectivity index (χ1) is 8.36. The fraction of sp³-hybridized carbons (Fsp3) is 1.00. The summed E-state index contributed by atoms with van der Waals surface area (Å²) >= 11 is 1.96. The lowest BCUT2D eigenvalue weighted by molar-refractivity contribution is 0.0630. The number of unbranched alkanes of at least 4 members (excludes halogenated alkanes) is 1. The minimum Gasteiger partial charge on any atom is -0.381 e. The number of thioether (sulfide) groups is 1. The fourth-order valence-electron chi connectivity index (χ4n) is 2.59. The Morgan fingerprint density at radius 2 is 2.06 bits per heavy atom. The molecule has 1 rings (SSSR count). The fourth-order valence-corrected chi connectivity index (χ4v) is 3.28. The van der Waals surface area contributed by atoms with Crippen LogP contribution in [0.5, 0.6) is 0 Å². The molecule has 1 aliphatic rings. The molecule has 1 heterocycles. The molecule has 1 saturated heterocycles. The molecule has 0 aromatic carbocycles. The summed E-state index contributed by atoms with van der Waals surface area (Å²) < 4.78 is 5.40. The molecule has 17 heavy (non-hydrogen) atoms. The van der Waals surface area contributed by atoms with Gasteiger partial charge >= 0.3 is 0 Å². The van der Waals surface area contributed by atoms with Crippen LogP contribution in [-0.4, -0.2) is 37.8 Å². The normalized spacial score (nSPS) is 19.4. The molecule has 0 aliphatic carbocycles. The summed E-state index contributed by atoms with van der Waals surface area (Å²) in [7, 11) is 0. The van der Waals surface area contributed by atoms with Gasteiger partial charge in [-0.05, 0) is 38.0 Å². The van der Waals surface area contributed by atoms with Crippen LogP contribution in [0.1, 0.15) is 45.4 Å². The molecule has 102 valence electrons. The van der Waals surface area contributed by atoms with E-state index in [-0.39, 0.29) is 0 Å². The Hall–Kier alpha value is 0.270. The third-order valence-electron chi connectivity index (χ3n) is 3.62. The summed E-state index contributed by atoms with van der Waals surface area (Å²) in [5.41, 5.74) is 0. The van der Waals surface area contributed by atoms with Gasteiger partial charge in [-0.1, -0.05) is 26.2 Å². The minimum atomic E-state index is 0.727. The minimum absolute atomic E-state index is 0.727. The lowest BCUT2D eigenvalue weighted by atomic mass is 9.93. The second-order valence-electron chi connectivity index (χ2n) is 5.05. The topological polar surface area (TPSA) is 21.3 Å². The number of nitrogens with one attached hydrogen (secondary N) is 1. The van der Waals surface area contributed by atoms with Gasteiger partial charge in [0.2, 0.25) is 0 Å². The molecule has 0 saturated carbocycles. The van der Waals surface area contributed by atoms with Crippen molar-refractivity contribution >= 4 is 11.8 Å². The van der Waals surface area contributed by atoms with E-state index in [4.69, 9.17) is 4.74 Å². The van der Waals surface area contributed by atoms with Gasteiger partial charge in [0.15, 0.2) is 0 Å². The maximum atomic E-state index is 5.40. The van der Waals surface area contributed by atoms with Crippen molar-refractivity contribution in [1.29, 1.82) is 0 Å². The maximum absolute atomic E-state index is 5.40. The first-order valence-electron chi connectivity index (χ1n) is 7.16. The zero-order chi connectivity index (χ0) is 12.3. The number of hydrogen-bond donors (Lipinski definition) is 1. The van der Waals surface area contributed by atoms with Crippen molar-refractivity contribution in [2.45, 2.75) is 51.5 Å². The van der Waals surface area contributed by atoms with E-state index < -0.39 is 0 Å². The predicted octanol–water partition coefficient (Wildman–Crippen LogP) is 3.31. The zero-order valence-corrected chi connectivity index (χ0v) is 12.4. The molecule has 0 radical (unpaired) electrons. The maximum Gasteiger partial charge on any atom is 0.0468 e. The highest BCUT2D eigenvalue weighted by atomic mass is 32.2. The molecule has 3 heteroatoms. The molecular weight excluding hydrogens is 230 g/mol. The van der Waals surface area contributed by atoms with Crippen molar-refractivity contribution in [2.75, 3.05) is 31.8 Å². The van der Waals surface area contributed by atoms with Crippen LogP contribution >= 0.6 is 11.8 Å². The van der Waals surface area contributed by atoms with E-state index in [1.54, 1.807) is 0 Å². The first-order valence-corrected chi connectivity index (χ1v) is 8.56. The second-order valence-corrected chi connectivity index (χ2v) is 5.96. The van der Waals surface area contributed by atoms with Gasteiger partial charge in [-0.15, -0.1) is 0 Å². The Kier molecular flexibility index (Phi) is 9.21. The standard InChI is InChI=1S/C14H29NOS/c1-3-15-14(12-17-2)7-5-4-6-13-8-10-16-11-9-13/h13-15H,3-12H2,1-2H3. The van der Waals surface area contributed by atoms with Crippen molar-refractivity contribution in [3.05, 3.63) is 0 Å². The lowest BCUT2D eigenvalue weighted by Crippen LogP contribution is -2.31. The molecule has 0 aromatic rings. The third kappa shape index (κ3) is 7.32. The predicted molar refractivity (Wildman–Crippen MR) is 77.9 cm³/mol. The third-order valence-corrected chi connectivity index (χ3v) is 4.35. The number of rotatable bonds is 9. The van der Waals surface area contributed by atoms with E-state index in [1.165, 1.54) is 44.3 Å². The Balaban J connectivity index is 2.00. The molecule has 1 N–H and O–H groups in total. The van der Waals surface area contributed by atoms with Crippen LogP contribution in [0.15, 0.2) is 0 Å². The summed E-state index contributed by atoms with van der Waals surface area (Å²) in [4.78, 5) is 0. The summed E-state index contributed by atoms with van der Waals surface area (Å²) in [5.74, 6) is 2.20. The highest BCUT2D eigenvalue weighted by molar-refractivity contribution is 7.98. The quantitative estimate of drug-likeness (QED) is 0.642. The molecule has 1 atom stereocenters. The van der Waals surface area contributed by atoms with Gasteiger partial charge in [-0.3, -0.25) is 0 Å². The van der Waals surface area contributed by atoms with Crippen molar-refractivity contribution in [1.82, 2.24) is 5.32 Å². The van der Waals surface area contributed by atoms with Crippen LogP contribution in [0.2, 0.25) is 0 Å². The molecule has 2 nitrogen and oxygen atoms in total. The Morgan fingerprint density at radius 1 is 1.29 bits per heavy atom. The van der Waals surface area contributed by atoms with Crippen molar-refractivity contribution in [3.8, 4) is 0 Å². The Labute approximate surface area is 111 Å². The zero-order valence-electron chi connectivity index (χ0n) is 11.5. The number of hydrogen-bond acceptors (Lipinski definition) is 3. The van der Waals surface area contributed by atoms with E-state index >= 15 is 0 Å². The summed E-state index contributed by atoms with van der Waals surface area (Å²) in [6.07, 6.45) is 10.3. The van der Waals surface area contributed by atoms with Crippen LogP contribution < -0.4 is 5.32 Å². The Bertz CT molecular complexity index is 166.